The number of rotatable bonds is 5. The number of anilines is 1. The van der Waals surface area contributed by atoms with Crippen molar-refractivity contribution in [3.05, 3.63) is 83.7 Å². The quantitative estimate of drug-likeness (QED) is 0.654. The van der Waals surface area contributed by atoms with Gasteiger partial charge < -0.3 is 14.8 Å². The first-order valence-corrected chi connectivity index (χ1v) is 8.53. The van der Waals surface area contributed by atoms with Crippen LogP contribution in [-0.4, -0.2) is 24.6 Å². The molecule has 0 aliphatic heterocycles. The first kappa shape index (κ1) is 19.8. The number of hydrogen-bond donors (Lipinski definition) is 1. The molecule has 0 saturated carbocycles. The maximum absolute atomic E-state index is 12.8. The van der Waals surface area contributed by atoms with Crippen molar-refractivity contribution in [1.29, 1.82) is 0 Å². The highest BCUT2D eigenvalue weighted by molar-refractivity contribution is 6.06. The molecule has 0 saturated heterocycles. The molecule has 0 fully saturated rings. The van der Waals surface area contributed by atoms with Crippen molar-refractivity contribution in [3.63, 3.8) is 0 Å². The van der Waals surface area contributed by atoms with Crippen LogP contribution in [0.3, 0.4) is 0 Å². The zero-order valence-electron chi connectivity index (χ0n) is 15.4. The van der Waals surface area contributed by atoms with Crippen LogP contribution in [0.1, 0.15) is 21.6 Å². The third kappa shape index (κ3) is 5.30. The number of benzene rings is 2. The number of methoxy groups -OCH3 is 1. The second-order valence-electron chi connectivity index (χ2n) is 5.72. The first-order chi connectivity index (χ1) is 14.1. The molecule has 3 aromatic rings. The maximum Gasteiger partial charge on any atom is 0.387 e. The van der Waals surface area contributed by atoms with Crippen LogP contribution in [0, 0.1) is 11.8 Å². The SMILES string of the molecule is COc1cccc(C(=O)Nc2cccc(C#Cc3ccccn3)c2)c1OC(F)F. The molecule has 1 amide bonds. The molecule has 0 unspecified atom stereocenters. The number of carbonyl (C=O) groups is 1. The van der Waals surface area contributed by atoms with Crippen molar-refractivity contribution >= 4 is 11.6 Å². The van der Waals surface area contributed by atoms with Gasteiger partial charge in [-0.1, -0.05) is 24.1 Å². The van der Waals surface area contributed by atoms with Gasteiger partial charge in [-0.15, -0.1) is 0 Å². The summed E-state index contributed by atoms with van der Waals surface area (Å²) in [6.45, 7) is -3.09. The topological polar surface area (TPSA) is 60.5 Å². The van der Waals surface area contributed by atoms with Gasteiger partial charge in [-0.05, 0) is 48.4 Å². The van der Waals surface area contributed by atoms with Crippen LogP contribution in [0.2, 0.25) is 0 Å². The molecule has 0 atom stereocenters. The number of pyridine rings is 1. The summed E-state index contributed by atoms with van der Waals surface area (Å²) < 4.78 is 35.0. The van der Waals surface area contributed by atoms with Gasteiger partial charge in [0.05, 0.1) is 12.7 Å². The molecule has 2 aromatic carbocycles. The van der Waals surface area contributed by atoms with Gasteiger partial charge in [-0.3, -0.25) is 4.79 Å². The van der Waals surface area contributed by atoms with E-state index in [0.29, 0.717) is 16.9 Å². The third-order valence-corrected chi connectivity index (χ3v) is 3.77. The van der Waals surface area contributed by atoms with Crippen molar-refractivity contribution in [2.24, 2.45) is 0 Å². The molecule has 146 valence electrons. The molecule has 5 nitrogen and oxygen atoms in total. The fourth-order valence-electron chi connectivity index (χ4n) is 2.51. The number of carbonyl (C=O) groups excluding carboxylic acids is 1. The Kier molecular flexibility index (Phi) is 6.38. The van der Waals surface area contributed by atoms with Gasteiger partial charge in [-0.25, -0.2) is 4.98 Å². The minimum absolute atomic E-state index is 0.0351. The summed E-state index contributed by atoms with van der Waals surface area (Å²) in [7, 11) is 1.30. The Balaban J connectivity index is 1.82. The highest BCUT2D eigenvalue weighted by atomic mass is 19.3. The summed E-state index contributed by atoms with van der Waals surface area (Å²) in [6.07, 6.45) is 1.65. The zero-order valence-corrected chi connectivity index (χ0v) is 15.4. The van der Waals surface area contributed by atoms with Crippen LogP contribution < -0.4 is 14.8 Å². The monoisotopic (exact) mass is 394 g/mol. The summed E-state index contributed by atoms with van der Waals surface area (Å²) in [4.78, 5) is 16.8. The average Bonchev–Trinajstić information content (AvgIpc) is 2.73. The minimum atomic E-state index is -3.09. The van der Waals surface area contributed by atoms with Gasteiger partial charge in [0.15, 0.2) is 11.5 Å². The summed E-state index contributed by atoms with van der Waals surface area (Å²) in [5, 5.41) is 2.66. The fourth-order valence-corrected chi connectivity index (χ4v) is 2.51. The van der Waals surface area contributed by atoms with E-state index in [0.717, 1.165) is 0 Å². The van der Waals surface area contributed by atoms with Crippen molar-refractivity contribution < 1.29 is 23.0 Å². The molecule has 7 heteroatoms. The average molecular weight is 394 g/mol. The van der Waals surface area contributed by atoms with Crippen LogP contribution in [0.4, 0.5) is 14.5 Å². The van der Waals surface area contributed by atoms with E-state index in [1.165, 1.54) is 25.3 Å². The Morgan fingerprint density at radius 1 is 1.07 bits per heavy atom. The second-order valence-corrected chi connectivity index (χ2v) is 5.72. The molecule has 1 heterocycles. The Morgan fingerprint density at radius 3 is 2.62 bits per heavy atom. The van der Waals surface area contributed by atoms with Gasteiger partial charge in [0, 0.05) is 17.4 Å². The van der Waals surface area contributed by atoms with Crippen LogP contribution in [0.25, 0.3) is 0 Å². The number of aromatic nitrogens is 1. The Hall–Kier alpha value is -3.92. The summed E-state index contributed by atoms with van der Waals surface area (Å²) in [5.41, 5.74) is 1.65. The van der Waals surface area contributed by atoms with E-state index in [9.17, 15) is 13.6 Å². The molecule has 0 aliphatic carbocycles. The number of alkyl halides is 2. The molecule has 0 bridgehead atoms. The Morgan fingerprint density at radius 2 is 1.90 bits per heavy atom. The number of halogens is 2. The highest BCUT2D eigenvalue weighted by Crippen LogP contribution is 2.33. The lowest BCUT2D eigenvalue weighted by Gasteiger charge is -2.14. The van der Waals surface area contributed by atoms with E-state index in [-0.39, 0.29) is 17.1 Å². The maximum atomic E-state index is 12.8. The van der Waals surface area contributed by atoms with Crippen LogP contribution in [0.5, 0.6) is 11.5 Å². The largest absolute Gasteiger partial charge is 0.493 e. The standard InChI is InChI=1S/C22H16F2N2O3/c1-28-19-10-5-9-18(20(19)29-22(23)24)21(27)26-17-8-4-6-15(14-17)11-12-16-7-2-3-13-25-16/h2-10,13-14,22H,1H3,(H,26,27). The highest BCUT2D eigenvalue weighted by Gasteiger charge is 2.20. The smallest absolute Gasteiger partial charge is 0.387 e. The lowest BCUT2D eigenvalue weighted by Crippen LogP contribution is -2.15. The summed E-state index contributed by atoms with van der Waals surface area (Å²) in [5.74, 6) is 4.98. The second kappa shape index (κ2) is 9.33. The van der Waals surface area contributed by atoms with E-state index in [1.807, 2.05) is 6.07 Å². The van der Waals surface area contributed by atoms with Gasteiger partial charge in [0.25, 0.3) is 5.91 Å². The first-order valence-electron chi connectivity index (χ1n) is 8.53. The predicted octanol–water partition coefficient (Wildman–Crippen LogP) is 4.34. The van der Waals surface area contributed by atoms with Crippen LogP contribution >= 0.6 is 0 Å². The Bertz CT molecular complexity index is 1060. The molecule has 0 radical (unpaired) electrons. The molecular weight excluding hydrogens is 378 g/mol. The van der Waals surface area contributed by atoms with Gasteiger partial charge in [-0.2, -0.15) is 8.78 Å². The van der Waals surface area contributed by atoms with Crippen LogP contribution in [0.15, 0.2) is 66.9 Å². The molecule has 0 aliphatic rings. The number of hydrogen-bond acceptors (Lipinski definition) is 4. The summed E-state index contributed by atoms with van der Waals surface area (Å²) in [6, 6.07) is 16.6. The predicted molar refractivity (Wildman–Crippen MR) is 104 cm³/mol. The normalized spacial score (nSPS) is 10.1. The van der Waals surface area contributed by atoms with E-state index in [2.05, 4.69) is 26.9 Å². The number of para-hydroxylation sites is 1. The van der Waals surface area contributed by atoms with Crippen molar-refractivity contribution in [2.75, 3.05) is 12.4 Å². The Labute approximate surface area is 166 Å². The number of nitrogens with one attached hydrogen (secondary N) is 1. The lowest BCUT2D eigenvalue weighted by molar-refractivity contribution is -0.0515. The van der Waals surface area contributed by atoms with Gasteiger partial charge >= 0.3 is 6.61 Å². The molecule has 0 spiro atoms. The summed E-state index contributed by atoms with van der Waals surface area (Å²) >= 11 is 0. The van der Waals surface area contributed by atoms with Crippen molar-refractivity contribution in [3.8, 4) is 23.3 Å². The number of amides is 1. The zero-order chi connectivity index (χ0) is 20.6. The van der Waals surface area contributed by atoms with Crippen molar-refractivity contribution in [1.82, 2.24) is 4.98 Å². The van der Waals surface area contributed by atoms with E-state index in [1.54, 1.807) is 42.6 Å². The van der Waals surface area contributed by atoms with E-state index < -0.39 is 12.5 Å². The fraction of sp³-hybridized carbons (Fsp3) is 0.0909. The number of ether oxygens (including phenoxy) is 2. The van der Waals surface area contributed by atoms with Crippen molar-refractivity contribution in [2.45, 2.75) is 6.61 Å². The number of nitrogens with zero attached hydrogens (tertiary/aromatic N) is 1. The molecular formula is C22H16F2N2O3. The van der Waals surface area contributed by atoms with E-state index >= 15 is 0 Å². The molecule has 1 aromatic heterocycles. The third-order valence-electron chi connectivity index (χ3n) is 3.77. The molecule has 29 heavy (non-hydrogen) atoms. The molecule has 3 rings (SSSR count). The van der Waals surface area contributed by atoms with E-state index in [4.69, 9.17) is 4.74 Å². The minimum Gasteiger partial charge on any atom is -0.493 e. The van der Waals surface area contributed by atoms with Gasteiger partial charge in [0.2, 0.25) is 0 Å². The lowest BCUT2D eigenvalue weighted by atomic mass is 10.1. The van der Waals surface area contributed by atoms with Gasteiger partial charge in [0.1, 0.15) is 5.69 Å². The van der Waals surface area contributed by atoms with Crippen LogP contribution in [-0.2, 0) is 0 Å². The molecule has 1 N–H and O–H groups in total.